The van der Waals surface area contributed by atoms with Gasteiger partial charge in [-0.2, -0.15) is 0 Å². The van der Waals surface area contributed by atoms with Crippen LogP contribution in [0, 0.1) is 25.7 Å². The highest BCUT2D eigenvalue weighted by atomic mass is 14.8. The summed E-state index contributed by atoms with van der Waals surface area (Å²) in [6, 6.07) is 7.02. The molecule has 0 bridgehead atoms. The van der Waals surface area contributed by atoms with E-state index in [0.29, 0.717) is 0 Å². The van der Waals surface area contributed by atoms with Gasteiger partial charge in [0.05, 0.1) is 0 Å². The molecule has 19 heavy (non-hydrogen) atoms. The molecule has 1 aromatic rings. The summed E-state index contributed by atoms with van der Waals surface area (Å²) >= 11 is 0. The molecule has 106 valence electrons. The van der Waals surface area contributed by atoms with Crippen LogP contribution in [-0.4, -0.2) is 13.6 Å². The predicted octanol–water partition coefficient (Wildman–Crippen LogP) is 4.26. The van der Waals surface area contributed by atoms with Gasteiger partial charge in [0.2, 0.25) is 0 Å². The fourth-order valence-electron chi connectivity index (χ4n) is 3.49. The molecule has 0 radical (unpaired) electrons. The Morgan fingerprint density at radius 2 is 1.74 bits per heavy atom. The summed E-state index contributed by atoms with van der Waals surface area (Å²) < 4.78 is 0. The average Bonchev–Trinajstić information content (AvgIpc) is 2.61. The van der Waals surface area contributed by atoms with Crippen molar-refractivity contribution in [3.8, 4) is 0 Å². The van der Waals surface area contributed by atoms with Crippen LogP contribution in [0.4, 0.5) is 0 Å². The van der Waals surface area contributed by atoms with Crippen LogP contribution in [0.1, 0.15) is 48.8 Å². The van der Waals surface area contributed by atoms with E-state index in [2.05, 4.69) is 44.4 Å². The monoisotopic (exact) mass is 259 g/mol. The molecule has 0 aliphatic heterocycles. The second-order valence-electron chi connectivity index (χ2n) is 6.34. The first-order valence-electron chi connectivity index (χ1n) is 7.91. The molecule has 0 saturated heterocycles. The molecule has 1 N–H and O–H groups in total. The van der Waals surface area contributed by atoms with Crippen molar-refractivity contribution >= 4 is 0 Å². The zero-order chi connectivity index (χ0) is 13.7. The van der Waals surface area contributed by atoms with E-state index < -0.39 is 0 Å². The molecule has 2 atom stereocenters. The lowest BCUT2D eigenvalue weighted by molar-refractivity contribution is 0.304. The Labute approximate surface area is 118 Å². The van der Waals surface area contributed by atoms with Crippen molar-refractivity contribution in [2.24, 2.45) is 11.8 Å². The lowest BCUT2D eigenvalue weighted by atomic mass is 9.83. The summed E-state index contributed by atoms with van der Waals surface area (Å²) in [7, 11) is 2.10. The fourth-order valence-corrected chi connectivity index (χ4v) is 3.49. The summed E-state index contributed by atoms with van der Waals surface area (Å²) in [6.45, 7) is 5.63. The van der Waals surface area contributed by atoms with Gasteiger partial charge in [-0.15, -0.1) is 0 Å². The van der Waals surface area contributed by atoms with E-state index in [4.69, 9.17) is 0 Å². The highest BCUT2D eigenvalue weighted by Gasteiger charge is 2.23. The van der Waals surface area contributed by atoms with E-state index in [0.717, 1.165) is 11.8 Å². The molecule has 1 aliphatic rings. The molecule has 1 saturated carbocycles. The topological polar surface area (TPSA) is 12.0 Å². The molecule has 2 unspecified atom stereocenters. The van der Waals surface area contributed by atoms with Crippen LogP contribution in [0.5, 0.6) is 0 Å². The second kappa shape index (κ2) is 7.09. The third-order valence-electron chi connectivity index (χ3n) is 4.85. The molecule has 1 nitrogen and oxygen atoms in total. The van der Waals surface area contributed by atoms with Gasteiger partial charge >= 0.3 is 0 Å². The van der Waals surface area contributed by atoms with Crippen LogP contribution in [0.25, 0.3) is 0 Å². The number of rotatable bonds is 4. The molecule has 0 heterocycles. The summed E-state index contributed by atoms with van der Waals surface area (Å²) in [6.07, 6.45) is 8.39. The SMILES string of the molecule is CNCC1CCCCCC1Cc1ccc(C)c(C)c1. The maximum absolute atomic E-state index is 3.40. The maximum atomic E-state index is 3.40. The standard InChI is InChI=1S/C18H29N/c1-14-9-10-16(11-15(14)2)12-17-7-5-4-6-8-18(17)13-19-3/h9-11,17-19H,4-8,12-13H2,1-3H3. The molecule has 2 rings (SSSR count). The van der Waals surface area contributed by atoms with E-state index >= 15 is 0 Å². The third-order valence-corrected chi connectivity index (χ3v) is 4.85. The first-order valence-corrected chi connectivity index (χ1v) is 7.91. The van der Waals surface area contributed by atoms with E-state index in [1.807, 2.05) is 0 Å². The molecule has 0 aromatic heterocycles. The summed E-state index contributed by atoms with van der Waals surface area (Å²) in [5.74, 6) is 1.74. The number of benzene rings is 1. The molecule has 1 fully saturated rings. The van der Waals surface area contributed by atoms with Gasteiger partial charge in [-0.05, 0) is 75.2 Å². The van der Waals surface area contributed by atoms with Gasteiger partial charge in [-0.3, -0.25) is 0 Å². The van der Waals surface area contributed by atoms with Gasteiger partial charge in [0.1, 0.15) is 0 Å². The van der Waals surface area contributed by atoms with E-state index in [1.54, 1.807) is 0 Å². The average molecular weight is 259 g/mol. The molecule has 0 amide bonds. The molecular formula is C18H29N. The minimum atomic E-state index is 0.870. The first kappa shape index (κ1) is 14.6. The third kappa shape index (κ3) is 4.07. The van der Waals surface area contributed by atoms with Crippen molar-refractivity contribution in [2.75, 3.05) is 13.6 Å². The smallest absolute Gasteiger partial charge is 0.00208 e. The van der Waals surface area contributed by atoms with Gasteiger partial charge in [0.25, 0.3) is 0 Å². The van der Waals surface area contributed by atoms with Crippen LogP contribution >= 0.6 is 0 Å². The van der Waals surface area contributed by atoms with E-state index in [9.17, 15) is 0 Å². The van der Waals surface area contributed by atoms with Crippen LogP contribution in [0.15, 0.2) is 18.2 Å². The number of nitrogens with one attached hydrogen (secondary N) is 1. The molecule has 1 aliphatic carbocycles. The van der Waals surface area contributed by atoms with Crippen LogP contribution in [0.2, 0.25) is 0 Å². The van der Waals surface area contributed by atoms with Crippen LogP contribution in [-0.2, 0) is 6.42 Å². The van der Waals surface area contributed by atoms with Crippen molar-refractivity contribution in [3.05, 3.63) is 34.9 Å². The minimum absolute atomic E-state index is 0.870. The van der Waals surface area contributed by atoms with E-state index in [1.165, 1.54) is 61.8 Å². The van der Waals surface area contributed by atoms with Gasteiger partial charge < -0.3 is 5.32 Å². The fraction of sp³-hybridized carbons (Fsp3) is 0.667. The van der Waals surface area contributed by atoms with Crippen LogP contribution < -0.4 is 5.32 Å². The predicted molar refractivity (Wildman–Crippen MR) is 83.6 cm³/mol. The first-order chi connectivity index (χ1) is 9.20. The van der Waals surface area contributed by atoms with Gasteiger partial charge in [0.15, 0.2) is 0 Å². The summed E-state index contributed by atoms with van der Waals surface area (Å²) in [5, 5.41) is 3.40. The molecule has 1 heteroatoms. The highest BCUT2D eigenvalue weighted by molar-refractivity contribution is 5.30. The molecule has 0 spiro atoms. The molecule has 1 aromatic carbocycles. The van der Waals surface area contributed by atoms with Crippen LogP contribution in [0.3, 0.4) is 0 Å². The van der Waals surface area contributed by atoms with Gasteiger partial charge in [-0.1, -0.05) is 37.5 Å². The Morgan fingerprint density at radius 1 is 1.00 bits per heavy atom. The lowest BCUT2D eigenvalue weighted by Gasteiger charge is -2.25. The van der Waals surface area contributed by atoms with Gasteiger partial charge in [0, 0.05) is 0 Å². The second-order valence-corrected chi connectivity index (χ2v) is 6.34. The zero-order valence-electron chi connectivity index (χ0n) is 12.8. The summed E-state index contributed by atoms with van der Waals surface area (Å²) in [4.78, 5) is 0. The van der Waals surface area contributed by atoms with Crippen molar-refractivity contribution in [1.82, 2.24) is 5.32 Å². The largest absolute Gasteiger partial charge is 0.319 e. The van der Waals surface area contributed by atoms with Gasteiger partial charge in [-0.25, -0.2) is 0 Å². The quantitative estimate of drug-likeness (QED) is 0.797. The maximum Gasteiger partial charge on any atom is -0.00208 e. The van der Waals surface area contributed by atoms with Crippen molar-refractivity contribution in [1.29, 1.82) is 0 Å². The minimum Gasteiger partial charge on any atom is -0.319 e. The van der Waals surface area contributed by atoms with Crippen molar-refractivity contribution < 1.29 is 0 Å². The normalized spacial score (nSPS) is 24.2. The summed E-state index contributed by atoms with van der Waals surface area (Å²) in [5.41, 5.74) is 4.39. The Hall–Kier alpha value is -0.820. The Balaban J connectivity index is 2.06. The number of hydrogen-bond donors (Lipinski definition) is 1. The van der Waals surface area contributed by atoms with Crippen molar-refractivity contribution in [2.45, 2.75) is 52.4 Å². The van der Waals surface area contributed by atoms with Crippen molar-refractivity contribution in [3.63, 3.8) is 0 Å². The highest BCUT2D eigenvalue weighted by Crippen LogP contribution is 2.31. The Bertz CT molecular complexity index is 397. The Kier molecular flexibility index (Phi) is 5.45. The van der Waals surface area contributed by atoms with E-state index in [-0.39, 0.29) is 0 Å². The lowest BCUT2D eigenvalue weighted by Crippen LogP contribution is -2.26. The zero-order valence-corrected chi connectivity index (χ0v) is 12.8. The molecular weight excluding hydrogens is 230 g/mol. The number of hydrogen-bond acceptors (Lipinski definition) is 1. The Morgan fingerprint density at radius 3 is 2.42 bits per heavy atom. The number of aryl methyl sites for hydroxylation is 2.